The summed E-state index contributed by atoms with van der Waals surface area (Å²) >= 11 is 1.89. The number of aromatic nitrogens is 2. The van der Waals surface area contributed by atoms with E-state index >= 15 is 0 Å². The summed E-state index contributed by atoms with van der Waals surface area (Å²) in [6.07, 6.45) is 5.25. The molecule has 1 aromatic carbocycles. The maximum Gasteiger partial charge on any atom is 0.0888 e. The molecule has 0 aliphatic carbocycles. The van der Waals surface area contributed by atoms with E-state index < -0.39 is 0 Å². The molecule has 3 heteroatoms. The minimum absolute atomic E-state index is 0.214. The van der Waals surface area contributed by atoms with Gasteiger partial charge in [-0.2, -0.15) is 0 Å². The van der Waals surface area contributed by atoms with Gasteiger partial charge in [0.25, 0.3) is 0 Å². The van der Waals surface area contributed by atoms with Crippen molar-refractivity contribution in [2.24, 2.45) is 0 Å². The minimum Gasteiger partial charge on any atom is -0.261 e. The second-order valence-corrected chi connectivity index (χ2v) is 7.10. The first-order valence-corrected chi connectivity index (χ1v) is 6.84. The van der Waals surface area contributed by atoms with Gasteiger partial charge < -0.3 is 0 Å². The van der Waals surface area contributed by atoms with Crippen molar-refractivity contribution >= 4 is 11.8 Å². The molecule has 0 saturated heterocycles. The molecular formula is C15H18N2S. The lowest BCUT2D eigenvalue weighted by Crippen LogP contribution is -2.07. The van der Waals surface area contributed by atoms with Gasteiger partial charge in [-0.1, -0.05) is 32.9 Å². The molecule has 0 saturated carbocycles. The zero-order valence-electron chi connectivity index (χ0n) is 11.3. The first kappa shape index (κ1) is 13.1. The van der Waals surface area contributed by atoms with Crippen LogP contribution in [0.5, 0.6) is 0 Å². The van der Waals surface area contributed by atoms with Gasteiger partial charge in [0, 0.05) is 27.6 Å². The summed E-state index contributed by atoms with van der Waals surface area (Å²) in [5.74, 6) is 0. The number of rotatable bonds is 2. The SMILES string of the molecule is Cc1c(SC(C)(C)C)cccc1-c1cnccn1. The second kappa shape index (κ2) is 5.11. The van der Waals surface area contributed by atoms with E-state index in [1.807, 2.05) is 18.0 Å². The zero-order valence-corrected chi connectivity index (χ0v) is 12.1. The first-order valence-electron chi connectivity index (χ1n) is 6.02. The molecular weight excluding hydrogens is 240 g/mol. The Balaban J connectivity index is 2.43. The van der Waals surface area contributed by atoms with Gasteiger partial charge in [0.05, 0.1) is 11.9 Å². The van der Waals surface area contributed by atoms with E-state index in [2.05, 4.69) is 55.9 Å². The van der Waals surface area contributed by atoms with Crippen LogP contribution in [0.25, 0.3) is 11.3 Å². The van der Waals surface area contributed by atoms with Crippen molar-refractivity contribution in [3.8, 4) is 11.3 Å². The number of hydrogen-bond acceptors (Lipinski definition) is 3. The molecule has 0 aliphatic heterocycles. The standard InChI is InChI=1S/C15H18N2S/c1-11-12(13-10-16-8-9-17-13)6-5-7-14(11)18-15(2,3)4/h5-10H,1-4H3. The quantitative estimate of drug-likeness (QED) is 0.749. The molecule has 2 aromatic rings. The van der Waals surface area contributed by atoms with E-state index in [1.54, 1.807) is 12.4 Å². The number of benzene rings is 1. The van der Waals surface area contributed by atoms with E-state index in [0.29, 0.717) is 0 Å². The molecule has 1 aromatic heterocycles. The predicted octanol–water partition coefficient (Wildman–Crippen LogP) is 4.34. The third-order valence-electron chi connectivity index (χ3n) is 2.54. The lowest BCUT2D eigenvalue weighted by molar-refractivity contribution is 0.802. The van der Waals surface area contributed by atoms with Crippen LogP contribution < -0.4 is 0 Å². The van der Waals surface area contributed by atoms with Crippen LogP contribution in [0.2, 0.25) is 0 Å². The van der Waals surface area contributed by atoms with Crippen molar-refractivity contribution in [2.75, 3.05) is 0 Å². The highest BCUT2D eigenvalue weighted by Gasteiger charge is 2.15. The number of thioether (sulfide) groups is 1. The molecule has 94 valence electrons. The molecule has 18 heavy (non-hydrogen) atoms. The summed E-state index contributed by atoms with van der Waals surface area (Å²) in [5, 5.41) is 0. The van der Waals surface area contributed by atoms with Gasteiger partial charge in [-0.15, -0.1) is 11.8 Å². The van der Waals surface area contributed by atoms with Crippen molar-refractivity contribution in [2.45, 2.75) is 37.3 Å². The van der Waals surface area contributed by atoms with Gasteiger partial charge in [-0.05, 0) is 18.6 Å². The van der Waals surface area contributed by atoms with Gasteiger partial charge in [0.2, 0.25) is 0 Å². The number of nitrogens with zero attached hydrogens (tertiary/aromatic N) is 2. The molecule has 0 radical (unpaired) electrons. The first-order chi connectivity index (χ1) is 8.47. The third kappa shape index (κ3) is 3.10. The van der Waals surface area contributed by atoms with Gasteiger partial charge in [-0.3, -0.25) is 9.97 Å². The summed E-state index contributed by atoms with van der Waals surface area (Å²) in [7, 11) is 0. The summed E-state index contributed by atoms with van der Waals surface area (Å²) in [5.41, 5.74) is 3.38. The fourth-order valence-corrected chi connectivity index (χ4v) is 2.84. The Morgan fingerprint density at radius 3 is 2.50 bits per heavy atom. The Bertz CT molecular complexity index is 530. The monoisotopic (exact) mass is 258 g/mol. The molecule has 0 spiro atoms. The summed E-state index contributed by atoms with van der Waals surface area (Å²) in [6.45, 7) is 8.84. The fraction of sp³-hybridized carbons (Fsp3) is 0.333. The number of hydrogen-bond donors (Lipinski definition) is 0. The smallest absolute Gasteiger partial charge is 0.0888 e. The molecule has 0 N–H and O–H groups in total. The van der Waals surface area contributed by atoms with Crippen LogP contribution >= 0.6 is 11.8 Å². The summed E-state index contributed by atoms with van der Waals surface area (Å²) in [4.78, 5) is 9.82. The van der Waals surface area contributed by atoms with Crippen molar-refractivity contribution in [1.82, 2.24) is 9.97 Å². The fourth-order valence-electron chi connectivity index (χ4n) is 1.77. The van der Waals surface area contributed by atoms with Crippen molar-refractivity contribution in [3.05, 3.63) is 42.4 Å². The summed E-state index contributed by atoms with van der Waals surface area (Å²) in [6, 6.07) is 6.36. The summed E-state index contributed by atoms with van der Waals surface area (Å²) < 4.78 is 0.214. The van der Waals surface area contributed by atoms with Crippen molar-refractivity contribution < 1.29 is 0 Å². The topological polar surface area (TPSA) is 25.8 Å². The average molecular weight is 258 g/mol. The Morgan fingerprint density at radius 1 is 1.11 bits per heavy atom. The lowest BCUT2D eigenvalue weighted by atomic mass is 10.1. The van der Waals surface area contributed by atoms with E-state index in [-0.39, 0.29) is 4.75 Å². The third-order valence-corrected chi connectivity index (χ3v) is 3.81. The van der Waals surface area contributed by atoms with Crippen LogP contribution in [0.3, 0.4) is 0 Å². The lowest BCUT2D eigenvalue weighted by Gasteiger charge is -2.20. The van der Waals surface area contributed by atoms with E-state index in [4.69, 9.17) is 0 Å². The van der Waals surface area contributed by atoms with Crippen LogP contribution in [-0.2, 0) is 0 Å². The molecule has 0 unspecified atom stereocenters. The van der Waals surface area contributed by atoms with Gasteiger partial charge in [0.1, 0.15) is 0 Å². The van der Waals surface area contributed by atoms with Gasteiger partial charge in [-0.25, -0.2) is 0 Å². The normalized spacial score (nSPS) is 11.6. The maximum atomic E-state index is 4.38. The van der Waals surface area contributed by atoms with Crippen LogP contribution in [0.4, 0.5) is 0 Å². The van der Waals surface area contributed by atoms with Gasteiger partial charge in [0.15, 0.2) is 0 Å². The molecule has 1 heterocycles. The molecule has 0 fully saturated rings. The minimum atomic E-state index is 0.214. The predicted molar refractivity (Wildman–Crippen MR) is 77.8 cm³/mol. The molecule has 0 aliphatic rings. The van der Waals surface area contributed by atoms with E-state index in [1.165, 1.54) is 10.5 Å². The Hall–Kier alpha value is -1.35. The van der Waals surface area contributed by atoms with Crippen molar-refractivity contribution in [3.63, 3.8) is 0 Å². The highest BCUT2D eigenvalue weighted by molar-refractivity contribution is 8.00. The second-order valence-electron chi connectivity index (χ2n) is 5.23. The van der Waals surface area contributed by atoms with Crippen LogP contribution in [0.1, 0.15) is 26.3 Å². The maximum absolute atomic E-state index is 4.38. The molecule has 2 rings (SSSR count). The van der Waals surface area contributed by atoms with E-state index in [0.717, 1.165) is 11.3 Å². The highest BCUT2D eigenvalue weighted by atomic mass is 32.2. The van der Waals surface area contributed by atoms with E-state index in [9.17, 15) is 0 Å². The van der Waals surface area contributed by atoms with Gasteiger partial charge >= 0.3 is 0 Å². The molecule has 2 nitrogen and oxygen atoms in total. The van der Waals surface area contributed by atoms with Crippen LogP contribution in [0.15, 0.2) is 41.7 Å². The Labute approximate surface area is 113 Å². The van der Waals surface area contributed by atoms with Crippen LogP contribution in [0, 0.1) is 6.92 Å². The Morgan fingerprint density at radius 2 is 1.89 bits per heavy atom. The Kier molecular flexibility index (Phi) is 3.71. The highest BCUT2D eigenvalue weighted by Crippen LogP contribution is 2.36. The average Bonchev–Trinajstić information content (AvgIpc) is 2.31. The van der Waals surface area contributed by atoms with Crippen LogP contribution in [-0.4, -0.2) is 14.7 Å². The molecule has 0 bridgehead atoms. The molecule has 0 amide bonds. The largest absolute Gasteiger partial charge is 0.261 e. The molecule has 0 atom stereocenters. The van der Waals surface area contributed by atoms with Crippen molar-refractivity contribution in [1.29, 1.82) is 0 Å². The zero-order chi connectivity index (χ0) is 13.2.